The van der Waals surface area contributed by atoms with E-state index in [4.69, 9.17) is 11.6 Å². The molecule has 0 aromatic heterocycles. The molecular formula is C23H30ClNO. The third-order valence-corrected chi connectivity index (χ3v) is 5.17. The second-order valence-electron chi connectivity index (χ2n) is 7.93. The maximum Gasteiger partial charge on any atom is 0.0940 e. The Balaban J connectivity index is 2.14. The normalized spacial score (nSPS) is 15.3. The first-order chi connectivity index (χ1) is 12.2. The maximum absolute atomic E-state index is 10.6. The lowest BCUT2D eigenvalue weighted by Crippen LogP contribution is -2.36. The summed E-state index contributed by atoms with van der Waals surface area (Å²) in [7, 11) is 0. The molecule has 0 saturated heterocycles. The molecule has 2 aromatic rings. The third-order valence-electron chi connectivity index (χ3n) is 4.91. The topological polar surface area (TPSA) is 32.3 Å². The van der Waals surface area contributed by atoms with Crippen LogP contribution in [0, 0.1) is 5.41 Å². The maximum atomic E-state index is 10.6. The molecule has 1 unspecified atom stereocenters. The molecule has 140 valence electrons. The van der Waals surface area contributed by atoms with Crippen LogP contribution in [0.3, 0.4) is 0 Å². The average Bonchev–Trinajstić information content (AvgIpc) is 2.62. The van der Waals surface area contributed by atoms with E-state index in [9.17, 15) is 5.11 Å². The quantitative estimate of drug-likeness (QED) is 0.608. The van der Waals surface area contributed by atoms with Gasteiger partial charge in [0.05, 0.1) is 6.10 Å². The van der Waals surface area contributed by atoms with Crippen molar-refractivity contribution in [3.05, 3.63) is 82.9 Å². The molecule has 2 aromatic carbocycles. The first kappa shape index (κ1) is 20.7. The van der Waals surface area contributed by atoms with Crippen LogP contribution in [-0.4, -0.2) is 17.7 Å². The molecule has 2 nitrogen and oxygen atoms in total. The predicted octanol–water partition coefficient (Wildman–Crippen LogP) is 5.74. The van der Waals surface area contributed by atoms with E-state index in [1.807, 2.05) is 49.4 Å². The van der Waals surface area contributed by atoms with Crippen LogP contribution in [0.1, 0.15) is 50.8 Å². The Morgan fingerprint density at radius 3 is 2.15 bits per heavy atom. The van der Waals surface area contributed by atoms with Gasteiger partial charge in [-0.05, 0) is 35.6 Å². The van der Waals surface area contributed by atoms with Crippen LogP contribution in [0.25, 0.3) is 0 Å². The number of hydrogen-bond acceptors (Lipinski definition) is 2. The molecule has 0 fully saturated rings. The van der Waals surface area contributed by atoms with Gasteiger partial charge in [0, 0.05) is 23.5 Å². The lowest BCUT2D eigenvalue weighted by atomic mass is 9.77. The minimum absolute atomic E-state index is 0.00668. The SMILES string of the molecule is C=C(C(CN[C@H](C)[C@@H](O)c1ccccc1)c1ccc(Cl)cc1)C(C)(C)C. The summed E-state index contributed by atoms with van der Waals surface area (Å²) in [5.41, 5.74) is 3.26. The van der Waals surface area contributed by atoms with Gasteiger partial charge in [0.15, 0.2) is 0 Å². The fraction of sp³-hybridized carbons (Fsp3) is 0.391. The van der Waals surface area contributed by atoms with E-state index < -0.39 is 6.10 Å². The Bertz CT molecular complexity index is 703. The number of hydrogen-bond donors (Lipinski definition) is 2. The van der Waals surface area contributed by atoms with Gasteiger partial charge in [-0.3, -0.25) is 0 Å². The molecule has 3 atom stereocenters. The van der Waals surface area contributed by atoms with E-state index in [1.54, 1.807) is 0 Å². The molecule has 3 heteroatoms. The fourth-order valence-corrected chi connectivity index (χ4v) is 3.14. The fourth-order valence-electron chi connectivity index (χ4n) is 3.01. The number of halogens is 1. The zero-order chi connectivity index (χ0) is 19.3. The second kappa shape index (κ2) is 8.85. The zero-order valence-electron chi connectivity index (χ0n) is 16.2. The van der Waals surface area contributed by atoms with Crippen molar-refractivity contribution in [2.45, 2.75) is 45.8 Å². The Morgan fingerprint density at radius 2 is 1.62 bits per heavy atom. The van der Waals surface area contributed by atoms with Gasteiger partial charge in [-0.15, -0.1) is 0 Å². The molecule has 0 bridgehead atoms. The summed E-state index contributed by atoms with van der Waals surface area (Å²) in [5.74, 6) is 0.151. The van der Waals surface area contributed by atoms with E-state index in [2.05, 4.69) is 44.8 Å². The number of rotatable bonds is 7. The standard InChI is InChI=1S/C23H30ClNO/c1-16(23(3,4)5)21(18-11-13-20(24)14-12-18)15-25-17(2)22(26)19-9-7-6-8-10-19/h6-14,17,21-22,25-26H,1,15H2,2-5H3/t17-,21?,22-/m1/s1. The van der Waals surface area contributed by atoms with Crippen molar-refractivity contribution in [3.63, 3.8) is 0 Å². The molecular weight excluding hydrogens is 342 g/mol. The summed E-state index contributed by atoms with van der Waals surface area (Å²) in [6, 6.07) is 17.6. The van der Waals surface area contributed by atoms with Crippen molar-refractivity contribution in [3.8, 4) is 0 Å². The highest BCUT2D eigenvalue weighted by atomic mass is 35.5. The summed E-state index contributed by atoms with van der Waals surface area (Å²) in [6.45, 7) is 13.6. The van der Waals surface area contributed by atoms with Crippen LogP contribution in [0.15, 0.2) is 66.7 Å². The lowest BCUT2D eigenvalue weighted by Gasteiger charge is -2.32. The summed E-state index contributed by atoms with van der Waals surface area (Å²) in [5, 5.41) is 14.8. The second-order valence-corrected chi connectivity index (χ2v) is 8.37. The monoisotopic (exact) mass is 371 g/mol. The number of benzene rings is 2. The Morgan fingerprint density at radius 1 is 1.04 bits per heavy atom. The van der Waals surface area contributed by atoms with Crippen LogP contribution in [0.2, 0.25) is 5.02 Å². The molecule has 2 rings (SSSR count). The summed E-state index contributed by atoms with van der Waals surface area (Å²) < 4.78 is 0. The Hall–Kier alpha value is -1.61. The molecule has 0 spiro atoms. The largest absolute Gasteiger partial charge is 0.387 e. The Labute approximate surface area is 162 Å². The van der Waals surface area contributed by atoms with E-state index >= 15 is 0 Å². The van der Waals surface area contributed by atoms with Gasteiger partial charge in [-0.2, -0.15) is 0 Å². The predicted molar refractivity (Wildman–Crippen MR) is 112 cm³/mol. The first-order valence-corrected chi connectivity index (χ1v) is 9.49. The van der Waals surface area contributed by atoms with Gasteiger partial charge in [-0.1, -0.05) is 87.0 Å². The summed E-state index contributed by atoms with van der Waals surface area (Å²) in [4.78, 5) is 0. The van der Waals surface area contributed by atoms with Gasteiger partial charge in [-0.25, -0.2) is 0 Å². The average molecular weight is 372 g/mol. The van der Waals surface area contributed by atoms with Crippen molar-refractivity contribution >= 4 is 11.6 Å². The first-order valence-electron chi connectivity index (χ1n) is 9.11. The molecule has 0 radical (unpaired) electrons. The highest BCUT2D eigenvalue weighted by Crippen LogP contribution is 2.36. The Kier molecular flexibility index (Phi) is 7.05. The highest BCUT2D eigenvalue weighted by Gasteiger charge is 2.26. The molecule has 0 amide bonds. The summed E-state index contributed by atoms with van der Waals surface area (Å²) >= 11 is 6.05. The van der Waals surface area contributed by atoms with Crippen molar-refractivity contribution in [2.75, 3.05) is 6.54 Å². The smallest absolute Gasteiger partial charge is 0.0940 e. The van der Waals surface area contributed by atoms with E-state index in [0.717, 1.165) is 16.2 Å². The molecule has 0 aliphatic carbocycles. The molecule has 0 aliphatic rings. The van der Waals surface area contributed by atoms with Crippen LogP contribution >= 0.6 is 11.6 Å². The number of aliphatic hydroxyl groups is 1. The van der Waals surface area contributed by atoms with E-state index in [-0.39, 0.29) is 17.4 Å². The molecule has 2 N–H and O–H groups in total. The van der Waals surface area contributed by atoms with Gasteiger partial charge in [0.1, 0.15) is 0 Å². The van der Waals surface area contributed by atoms with Crippen molar-refractivity contribution in [1.82, 2.24) is 5.32 Å². The minimum Gasteiger partial charge on any atom is -0.387 e. The molecule has 0 aliphatic heterocycles. The van der Waals surface area contributed by atoms with Crippen LogP contribution < -0.4 is 5.32 Å². The lowest BCUT2D eigenvalue weighted by molar-refractivity contribution is 0.135. The van der Waals surface area contributed by atoms with E-state index in [0.29, 0.717) is 6.54 Å². The van der Waals surface area contributed by atoms with Crippen molar-refractivity contribution < 1.29 is 5.11 Å². The van der Waals surface area contributed by atoms with Crippen molar-refractivity contribution in [2.24, 2.45) is 5.41 Å². The highest BCUT2D eigenvalue weighted by molar-refractivity contribution is 6.30. The molecule has 26 heavy (non-hydrogen) atoms. The molecule has 0 saturated carbocycles. The van der Waals surface area contributed by atoms with Gasteiger partial charge in [0.2, 0.25) is 0 Å². The van der Waals surface area contributed by atoms with Gasteiger partial charge >= 0.3 is 0 Å². The van der Waals surface area contributed by atoms with E-state index in [1.165, 1.54) is 5.56 Å². The third kappa shape index (κ3) is 5.44. The zero-order valence-corrected chi connectivity index (χ0v) is 16.9. The summed E-state index contributed by atoms with van der Waals surface area (Å²) in [6.07, 6.45) is -0.551. The van der Waals surface area contributed by atoms with Gasteiger partial charge in [0.25, 0.3) is 0 Å². The van der Waals surface area contributed by atoms with Crippen LogP contribution in [0.4, 0.5) is 0 Å². The van der Waals surface area contributed by atoms with Crippen molar-refractivity contribution in [1.29, 1.82) is 0 Å². The number of nitrogens with one attached hydrogen (secondary N) is 1. The number of aliphatic hydroxyl groups excluding tert-OH is 1. The van der Waals surface area contributed by atoms with Crippen LogP contribution in [-0.2, 0) is 0 Å². The van der Waals surface area contributed by atoms with Crippen LogP contribution in [0.5, 0.6) is 0 Å². The van der Waals surface area contributed by atoms with Gasteiger partial charge < -0.3 is 10.4 Å². The molecule has 0 heterocycles. The minimum atomic E-state index is -0.551.